The molecule has 2 aromatic rings. The van der Waals surface area contributed by atoms with Crippen LogP contribution >= 0.6 is 0 Å². The molecule has 4 rings (SSSR count). The fourth-order valence-corrected chi connectivity index (χ4v) is 8.49. The first-order chi connectivity index (χ1) is 12.8. The Labute approximate surface area is 199 Å². The van der Waals surface area contributed by atoms with Gasteiger partial charge in [-0.2, -0.15) is 0 Å². The largest absolute Gasteiger partial charge is 1.00 e. The Bertz CT molecular complexity index is 1000. The van der Waals surface area contributed by atoms with Crippen LogP contribution in [0.4, 0.5) is 0 Å². The van der Waals surface area contributed by atoms with Crippen LogP contribution < -0.4 is 24.8 Å². The quantitative estimate of drug-likeness (QED) is 0.571. The molecule has 0 heterocycles. The van der Waals surface area contributed by atoms with Gasteiger partial charge in [0.15, 0.2) is 0 Å². The number of halogens is 2. The van der Waals surface area contributed by atoms with Gasteiger partial charge in [-0.3, -0.25) is 0 Å². The molecule has 0 saturated carbocycles. The Hall–Kier alpha value is -0.747. The van der Waals surface area contributed by atoms with Crippen molar-refractivity contribution in [2.45, 2.75) is 50.6 Å². The van der Waals surface area contributed by atoms with E-state index in [-0.39, 0.29) is 35.6 Å². The van der Waals surface area contributed by atoms with Gasteiger partial charge in [0.25, 0.3) is 0 Å². The van der Waals surface area contributed by atoms with E-state index in [0.29, 0.717) is 3.63 Å². The molecular formula is C26H29Cl2Zr. The third-order valence-corrected chi connectivity index (χ3v) is 9.97. The minimum absolute atomic E-state index is 0. The van der Waals surface area contributed by atoms with E-state index in [1.54, 1.807) is 14.3 Å². The van der Waals surface area contributed by atoms with Crippen LogP contribution in [0, 0.1) is 5.41 Å². The molecule has 2 atom stereocenters. The number of rotatable bonds is 2. The Morgan fingerprint density at radius 3 is 2.17 bits per heavy atom. The molecule has 2 aliphatic rings. The number of benzene rings is 2. The minimum atomic E-state index is -0.637. The van der Waals surface area contributed by atoms with Crippen molar-refractivity contribution in [3.63, 3.8) is 0 Å². The molecule has 2 unspecified atom stereocenters. The maximum absolute atomic E-state index is 2.56. The van der Waals surface area contributed by atoms with Gasteiger partial charge >= 0.3 is 176 Å². The molecule has 0 fully saturated rings. The number of allylic oxidation sites excluding steroid dienone is 4. The Kier molecular flexibility index (Phi) is 7.42. The normalized spacial score (nSPS) is 21.3. The average Bonchev–Trinajstić information content (AvgIpc) is 3.14. The van der Waals surface area contributed by atoms with Crippen LogP contribution in [0.15, 0.2) is 66.3 Å². The van der Waals surface area contributed by atoms with Gasteiger partial charge in [-0.15, -0.1) is 0 Å². The molecule has 0 nitrogen and oxygen atoms in total. The zero-order chi connectivity index (χ0) is 19.4. The van der Waals surface area contributed by atoms with E-state index in [2.05, 4.69) is 102 Å². The molecule has 0 amide bonds. The molecule has 0 bridgehead atoms. The molecule has 0 N–H and O–H groups in total. The SMILES string of the molecule is CC1=CC=CC1(c1ccc2c(c1)[CH]([Zr+2]=[C](C)C)c1ccccc1-2)C(C)(C)C.[Cl-].[Cl-]. The van der Waals surface area contributed by atoms with Crippen LogP contribution in [0.3, 0.4) is 0 Å². The van der Waals surface area contributed by atoms with Gasteiger partial charge < -0.3 is 24.8 Å². The molecule has 2 aliphatic carbocycles. The predicted octanol–water partition coefficient (Wildman–Crippen LogP) is 0.859. The van der Waals surface area contributed by atoms with Crippen molar-refractivity contribution in [1.29, 1.82) is 0 Å². The molecule has 0 saturated heterocycles. The monoisotopic (exact) mass is 501 g/mol. The van der Waals surface area contributed by atoms with E-state index in [0.717, 1.165) is 0 Å². The molecular weight excluding hydrogens is 474 g/mol. The van der Waals surface area contributed by atoms with Crippen LogP contribution in [-0.4, -0.2) is 3.21 Å². The first-order valence-corrected chi connectivity index (χ1v) is 12.6. The Morgan fingerprint density at radius 1 is 0.931 bits per heavy atom. The predicted molar refractivity (Wildman–Crippen MR) is 114 cm³/mol. The van der Waals surface area contributed by atoms with Crippen molar-refractivity contribution in [3.8, 4) is 11.1 Å². The molecule has 2 aromatic carbocycles. The molecule has 0 radical (unpaired) electrons. The van der Waals surface area contributed by atoms with Gasteiger partial charge in [-0.1, -0.05) is 0 Å². The van der Waals surface area contributed by atoms with Crippen LogP contribution in [0.1, 0.15) is 61.9 Å². The van der Waals surface area contributed by atoms with Gasteiger partial charge in [-0.05, 0) is 0 Å². The second-order valence-electron chi connectivity index (χ2n) is 9.23. The van der Waals surface area contributed by atoms with E-state index in [9.17, 15) is 0 Å². The van der Waals surface area contributed by atoms with E-state index >= 15 is 0 Å². The summed E-state index contributed by atoms with van der Waals surface area (Å²) in [4.78, 5) is 0. The van der Waals surface area contributed by atoms with Gasteiger partial charge in [0.2, 0.25) is 0 Å². The summed E-state index contributed by atoms with van der Waals surface area (Å²) in [6, 6.07) is 16.4. The standard InChI is InChI=1S/C23H23.C3H6.2ClH.Zr/c1-16-8-7-13-23(16,22(2,3)4)19-11-12-21-18(15-19)14-17-9-5-6-10-20(17)21;1-3-2;;;/h5-15H,1-4H3;1-2H3;2*1H;/q;;;;+2/p-2. The van der Waals surface area contributed by atoms with Crippen molar-refractivity contribution in [2.24, 2.45) is 5.41 Å². The van der Waals surface area contributed by atoms with Gasteiger partial charge in [0, 0.05) is 0 Å². The van der Waals surface area contributed by atoms with E-state index < -0.39 is 22.8 Å². The molecule has 0 aromatic heterocycles. The fraction of sp³-hybridized carbons (Fsp3) is 0.346. The second-order valence-corrected chi connectivity index (χ2v) is 13.8. The summed E-state index contributed by atoms with van der Waals surface area (Å²) in [6.45, 7) is 14.1. The van der Waals surface area contributed by atoms with Crippen molar-refractivity contribution in [2.75, 3.05) is 0 Å². The first-order valence-electron chi connectivity index (χ1n) is 9.93. The summed E-state index contributed by atoms with van der Waals surface area (Å²) in [7, 11) is 0. The van der Waals surface area contributed by atoms with Crippen molar-refractivity contribution >= 4 is 3.21 Å². The summed E-state index contributed by atoms with van der Waals surface area (Å²) in [5.74, 6) is 0. The third-order valence-electron chi connectivity index (χ3n) is 6.31. The summed E-state index contributed by atoms with van der Waals surface area (Å²) >= 11 is -0.637. The smallest absolute Gasteiger partial charge is 1.00 e. The fourth-order valence-electron chi connectivity index (χ4n) is 5.10. The summed E-state index contributed by atoms with van der Waals surface area (Å²) in [6.07, 6.45) is 6.98. The van der Waals surface area contributed by atoms with Gasteiger partial charge in [0.05, 0.1) is 0 Å². The van der Waals surface area contributed by atoms with Crippen molar-refractivity contribution in [1.82, 2.24) is 0 Å². The molecule has 3 heteroatoms. The second kappa shape index (κ2) is 8.78. The van der Waals surface area contributed by atoms with Crippen molar-refractivity contribution in [3.05, 3.63) is 83.0 Å². The van der Waals surface area contributed by atoms with Crippen LogP contribution in [0.5, 0.6) is 0 Å². The van der Waals surface area contributed by atoms with Crippen LogP contribution in [0.2, 0.25) is 0 Å². The zero-order valence-corrected chi connectivity index (χ0v) is 22.1. The van der Waals surface area contributed by atoms with E-state index in [1.165, 1.54) is 22.3 Å². The minimum Gasteiger partial charge on any atom is -1.00 e. The zero-order valence-electron chi connectivity index (χ0n) is 18.1. The maximum Gasteiger partial charge on any atom is -1.00 e. The Morgan fingerprint density at radius 2 is 1.59 bits per heavy atom. The maximum atomic E-state index is 2.56. The molecule has 0 spiro atoms. The molecule has 29 heavy (non-hydrogen) atoms. The summed E-state index contributed by atoms with van der Waals surface area (Å²) in [5, 5.41) is 0. The number of hydrogen-bond donors (Lipinski definition) is 0. The van der Waals surface area contributed by atoms with Gasteiger partial charge in [0.1, 0.15) is 0 Å². The molecule has 0 aliphatic heterocycles. The van der Waals surface area contributed by atoms with Crippen LogP contribution in [-0.2, 0) is 28.2 Å². The first kappa shape index (κ1) is 24.5. The number of hydrogen-bond acceptors (Lipinski definition) is 0. The molecule has 151 valence electrons. The van der Waals surface area contributed by atoms with Crippen molar-refractivity contribution < 1.29 is 47.6 Å². The summed E-state index contributed by atoms with van der Waals surface area (Å²) < 4.78 is 2.32. The summed E-state index contributed by atoms with van der Waals surface area (Å²) in [5.41, 5.74) is 9.14. The third kappa shape index (κ3) is 3.84. The van der Waals surface area contributed by atoms with E-state index in [1.807, 2.05) is 0 Å². The number of fused-ring (bicyclic) bond motifs is 3. The van der Waals surface area contributed by atoms with E-state index in [4.69, 9.17) is 0 Å². The Balaban J connectivity index is 0.00000150. The van der Waals surface area contributed by atoms with Crippen LogP contribution in [0.25, 0.3) is 11.1 Å². The topological polar surface area (TPSA) is 0 Å². The average molecular weight is 504 g/mol. The van der Waals surface area contributed by atoms with Gasteiger partial charge in [-0.25, -0.2) is 0 Å².